The fraction of sp³-hybridized carbons (Fsp3) is 0.407. The van der Waals surface area contributed by atoms with Gasteiger partial charge in [-0.05, 0) is 12.1 Å². The number of nitrogen functional groups attached to an aromatic ring is 1. The van der Waals surface area contributed by atoms with Gasteiger partial charge in [0.1, 0.15) is 17.4 Å². The summed E-state index contributed by atoms with van der Waals surface area (Å²) in [6, 6.07) is 5.54. The Bertz CT molecular complexity index is 1860. The van der Waals surface area contributed by atoms with Gasteiger partial charge in [-0.15, -0.1) is 5.10 Å². The molecule has 0 radical (unpaired) electrons. The van der Waals surface area contributed by atoms with Gasteiger partial charge in [-0.2, -0.15) is 9.50 Å². The second-order valence-corrected chi connectivity index (χ2v) is 10.7. The van der Waals surface area contributed by atoms with Gasteiger partial charge in [0.2, 0.25) is 11.8 Å². The van der Waals surface area contributed by atoms with E-state index in [1.54, 1.807) is 23.7 Å². The minimum atomic E-state index is -1.26. The summed E-state index contributed by atoms with van der Waals surface area (Å²) in [5, 5.41) is 7.25. The standard InChI is InChI=1S/C27H29F3N10O3/c1-36-22-24(34-26(31)40-25(22)33-23(35-40)19-3-2-10-42-19)39(27(36)41)9-6-37-4-7-38(8-5-37)18-12-20(16(29)11-15(18)28)43-21-14-32-13-17(21)30/h2-3,10-12,17,21,32H,4-9,13-14H2,1H3,(H2,31,34)/t17-,21-/m0/s1. The molecular formula is C27H29F3N10O3. The zero-order valence-electron chi connectivity index (χ0n) is 23.2. The highest BCUT2D eigenvalue weighted by molar-refractivity contribution is 5.88. The normalized spacial score (nSPS) is 19.7. The van der Waals surface area contributed by atoms with E-state index in [0.717, 1.165) is 6.07 Å². The Kier molecular flexibility index (Phi) is 6.73. The van der Waals surface area contributed by atoms with Crippen molar-refractivity contribution in [1.82, 2.24) is 38.9 Å². The summed E-state index contributed by atoms with van der Waals surface area (Å²) in [4.78, 5) is 26.2. The average molecular weight is 599 g/mol. The van der Waals surface area contributed by atoms with Crippen LogP contribution in [0.1, 0.15) is 0 Å². The lowest BCUT2D eigenvalue weighted by atomic mass is 10.2. The van der Waals surface area contributed by atoms with Gasteiger partial charge in [-0.25, -0.2) is 22.9 Å². The van der Waals surface area contributed by atoms with Crippen molar-refractivity contribution < 1.29 is 22.3 Å². The molecule has 4 aromatic heterocycles. The topological polar surface area (TPSA) is 137 Å². The lowest BCUT2D eigenvalue weighted by Crippen LogP contribution is -2.47. The van der Waals surface area contributed by atoms with Gasteiger partial charge < -0.3 is 25.1 Å². The number of imidazole rings is 1. The third-order valence-corrected chi connectivity index (χ3v) is 8.04. The number of aromatic nitrogens is 6. The Labute approximate surface area is 242 Å². The van der Waals surface area contributed by atoms with Crippen LogP contribution < -0.4 is 26.4 Å². The summed E-state index contributed by atoms with van der Waals surface area (Å²) in [5.41, 5.74) is 7.40. The highest BCUT2D eigenvalue weighted by Crippen LogP contribution is 2.31. The van der Waals surface area contributed by atoms with E-state index >= 15 is 0 Å². The Morgan fingerprint density at radius 3 is 2.63 bits per heavy atom. The number of piperazine rings is 1. The molecule has 6 heterocycles. The number of fused-ring (bicyclic) bond motifs is 3. The van der Waals surface area contributed by atoms with E-state index in [-0.39, 0.29) is 36.2 Å². The number of anilines is 2. The maximum atomic E-state index is 14.8. The Balaban J connectivity index is 1.06. The third-order valence-electron chi connectivity index (χ3n) is 8.04. The molecule has 0 unspecified atom stereocenters. The number of halogens is 3. The molecule has 0 spiro atoms. The van der Waals surface area contributed by atoms with Gasteiger partial charge in [0, 0.05) is 71.5 Å². The molecule has 0 amide bonds. The number of benzene rings is 1. The fourth-order valence-electron chi connectivity index (χ4n) is 5.71. The van der Waals surface area contributed by atoms with Crippen molar-refractivity contribution in [2.45, 2.75) is 18.8 Å². The van der Waals surface area contributed by atoms with Gasteiger partial charge >= 0.3 is 5.69 Å². The van der Waals surface area contributed by atoms with Crippen LogP contribution in [0.3, 0.4) is 0 Å². The van der Waals surface area contributed by atoms with Crippen LogP contribution in [-0.2, 0) is 13.6 Å². The average Bonchev–Trinajstić information content (AvgIpc) is 3.79. The van der Waals surface area contributed by atoms with E-state index < -0.39 is 23.9 Å². The molecule has 1 aromatic carbocycles. The molecule has 2 aliphatic rings. The molecule has 2 atom stereocenters. The molecule has 7 rings (SSSR count). The van der Waals surface area contributed by atoms with Crippen LogP contribution in [-0.4, -0.2) is 91.7 Å². The minimum Gasteiger partial charge on any atom is -0.483 e. The zero-order chi connectivity index (χ0) is 29.8. The van der Waals surface area contributed by atoms with Gasteiger partial charge in [0.15, 0.2) is 34.8 Å². The minimum absolute atomic E-state index is 0.0803. The van der Waals surface area contributed by atoms with Crippen molar-refractivity contribution in [1.29, 1.82) is 0 Å². The molecule has 3 N–H and O–H groups in total. The van der Waals surface area contributed by atoms with Crippen molar-refractivity contribution in [3.05, 3.63) is 52.6 Å². The van der Waals surface area contributed by atoms with E-state index in [2.05, 4.69) is 25.3 Å². The summed E-state index contributed by atoms with van der Waals surface area (Å²) >= 11 is 0. The van der Waals surface area contributed by atoms with E-state index in [0.29, 0.717) is 67.7 Å². The van der Waals surface area contributed by atoms with Crippen molar-refractivity contribution in [2.24, 2.45) is 7.05 Å². The molecule has 0 saturated carbocycles. The van der Waals surface area contributed by atoms with Crippen LogP contribution in [0.4, 0.5) is 24.8 Å². The quantitative estimate of drug-likeness (QED) is 0.283. The number of nitrogens with one attached hydrogen (secondary N) is 1. The zero-order valence-corrected chi connectivity index (χ0v) is 23.2. The van der Waals surface area contributed by atoms with Crippen LogP contribution >= 0.6 is 0 Å². The monoisotopic (exact) mass is 598 g/mol. The van der Waals surface area contributed by atoms with Crippen molar-refractivity contribution in [3.8, 4) is 17.3 Å². The first-order valence-corrected chi connectivity index (χ1v) is 13.9. The summed E-state index contributed by atoms with van der Waals surface area (Å²) in [6.07, 6.45) is -0.576. The molecule has 2 saturated heterocycles. The van der Waals surface area contributed by atoms with Gasteiger partial charge in [0.25, 0.3) is 0 Å². The number of nitrogens with two attached hydrogens (primary N) is 1. The first kappa shape index (κ1) is 27.3. The number of hydrogen-bond donors (Lipinski definition) is 2. The molecule has 226 valence electrons. The number of alkyl halides is 1. The molecule has 43 heavy (non-hydrogen) atoms. The number of aryl methyl sites for hydroxylation is 1. The highest BCUT2D eigenvalue weighted by Gasteiger charge is 2.30. The predicted molar refractivity (Wildman–Crippen MR) is 151 cm³/mol. The molecule has 2 aliphatic heterocycles. The number of hydrogen-bond acceptors (Lipinski definition) is 10. The molecule has 16 heteroatoms. The number of rotatable bonds is 7. The van der Waals surface area contributed by atoms with E-state index in [9.17, 15) is 18.0 Å². The lowest BCUT2D eigenvalue weighted by Gasteiger charge is -2.36. The smallest absolute Gasteiger partial charge is 0.330 e. The molecule has 5 aromatic rings. The fourth-order valence-corrected chi connectivity index (χ4v) is 5.71. The molecular weight excluding hydrogens is 569 g/mol. The van der Waals surface area contributed by atoms with Crippen LogP contribution in [0.2, 0.25) is 0 Å². The van der Waals surface area contributed by atoms with E-state index in [4.69, 9.17) is 14.9 Å². The van der Waals surface area contributed by atoms with Crippen LogP contribution in [0.15, 0.2) is 39.7 Å². The van der Waals surface area contributed by atoms with Crippen molar-refractivity contribution >= 4 is 28.4 Å². The number of nitrogens with zero attached hydrogens (tertiary/aromatic N) is 8. The molecule has 0 bridgehead atoms. The summed E-state index contributed by atoms with van der Waals surface area (Å²) in [5.74, 6) is -0.881. The van der Waals surface area contributed by atoms with Crippen LogP contribution in [0, 0.1) is 11.6 Å². The second-order valence-electron chi connectivity index (χ2n) is 10.7. The highest BCUT2D eigenvalue weighted by atomic mass is 19.1. The molecule has 13 nitrogen and oxygen atoms in total. The summed E-state index contributed by atoms with van der Waals surface area (Å²) < 4.78 is 58.6. The largest absolute Gasteiger partial charge is 0.483 e. The van der Waals surface area contributed by atoms with Crippen LogP contribution in [0.5, 0.6) is 5.75 Å². The Morgan fingerprint density at radius 1 is 1.09 bits per heavy atom. The Hall–Kier alpha value is -4.57. The first-order chi connectivity index (χ1) is 20.8. The maximum Gasteiger partial charge on any atom is 0.330 e. The lowest BCUT2D eigenvalue weighted by molar-refractivity contribution is 0.134. The van der Waals surface area contributed by atoms with Gasteiger partial charge in [-0.1, -0.05) is 0 Å². The SMILES string of the molecule is Cn1c(=O)n(CCN2CCN(c3cc(O[C@H]4CNC[C@@H]4F)c(F)cc3F)CC2)c2nc(N)n3nc(-c4ccco4)nc3c21. The predicted octanol–water partition coefficient (Wildman–Crippen LogP) is 1.41. The van der Waals surface area contributed by atoms with Gasteiger partial charge in [0.05, 0.1) is 12.0 Å². The Morgan fingerprint density at radius 2 is 1.91 bits per heavy atom. The van der Waals surface area contributed by atoms with Crippen LogP contribution in [0.25, 0.3) is 28.4 Å². The van der Waals surface area contributed by atoms with E-state index in [1.807, 2.05) is 4.90 Å². The third kappa shape index (κ3) is 4.75. The summed E-state index contributed by atoms with van der Waals surface area (Å²) in [7, 11) is 1.64. The number of furan rings is 1. The van der Waals surface area contributed by atoms with Crippen molar-refractivity contribution in [2.75, 3.05) is 56.4 Å². The van der Waals surface area contributed by atoms with E-state index in [1.165, 1.54) is 21.4 Å². The number of ether oxygens (including phenoxy) is 1. The first-order valence-electron chi connectivity index (χ1n) is 13.9. The maximum absolute atomic E-state index is 14.8. The van der Waals surface area contributed by atoms with Crippen molar-refractivity contribution in [3.63, 3.8) is 0 Å². The van der Waals surface area contributed by atoms with Gasteiger partial charge in [-0.3, -0.25) is 14.0 Å². The molecule has 2 fully saturated rings. The molecule has 0 aliphatic carbocycles. The summed E-state index contributed by atoms with van der Waals surface area (Å²) in [6.45, 7) is 3.31. The second kappa shape index (κ2) is 10.6.